The number of nitrogens with two attached hydrogens (primary N) is 1. The van der Waals surface area contributed by atoms with Crippen molar-refractivity contribution in [2.45, 2.75) is 12.5 Å². The molecule has 0 fully saturated rings. The van der Waals surface area contributed by atoms with E-state index >= 15 is 0 Å². The van der Waals surface area contributed by atoms with Crippen LogP contribution in [0.3, 0.4) is 0 Å². The van der Waals surface area contributed by atoms with Crippen LogP contribution in [0.25, 0.3) is 0 Å². The van der Waals surface area contributed by atoms with Crippen molar-refractivity contribution >= 4 is 5.78 Å². The fraction of sp³-hybridized carbons (Fsp3) is 0.222. The monoisotopic (exact) mass is 165 g/mol. The van der Waals surface area contributed by atoms with Crippen LogP contribution in [0.5, 0.6) is 0 Å². The second-order valence-corrected chi connectivity index (χ2v) is 2.94. The molecular formula is C9H8FNO. The van der Waals surface area contributed by atoms with Gasteiger partial charge in [0.2, 0.25) is 0 Å². The molecule has 2 rings (SSSR count). The molecule has 0 amide bonds. The first kappa shape index (κ1) is 7.43. The summed E-state index contributed by atoms with van der Waals surface area (Å²) in [5.41, 5.74) is 6.44. The van der Waals surface area contributed by atoms with E-state index in [9.17, 15) is 9.18 Å². The summed E-state index contributed by atoms with van der Waals surface area (Å²) in [6.45, 7) is 0. The molecule has 0 saturated heterocycles. The van der Waals surface area contributed by atoms with Gasteiger partial charge in [0.05, 0.1) is 5.56 Å². The van der Waals surface area contributed by atoms with E-state index in [0.29, 0.717) is 5.56 Å². The average Bonchev–Trinajstić information content (AvgIpc) is 2.29. The number of hydrogen-bond acceptors (Lipinski definition) is 2. The summed E-state index contributed by atoms with van der Waals surface area (Å²) in [6, 6.07) is 4.25. The number of Topliss-reactive ketones (excluding diaryl/α,β-unsaturated/α-hetero) is 1. The Labute approximate surface area is 69.2 Å². The highest BCUT2D eigenvalue weighted by Gasteiger charge is 2.28. The van der Waals surface area contributed by atoms with Crippen LogP contribution in [0.4, 0.5) is 4.39 Å². The molecule has 1 aromatic carbocycles. The van der Waals surface area contributed by atoms with Gasteiger partial charge in [-0.25, -0.2) is 4.39 Å². The summed E-state index contributed by atoms with van der Waals surface area (Å²) in [7, 11) is 0. The molecule has 12 heavy (non-hydrogen) atoms. The van der Waals surface area contributed by atoms with E-state index in [-0.39, 0.29) is 23.8 Å². The summed E-state index contributed by atoms with van der Waals surface area (Å²) in [5, 5.41) is 0. The van der Waals surface area contributed by atoms with Crippen molar-refractivity contribution in [1.82, 2.24) is 0 Å². The Hall–Kier alpha value is -1.22. The van der Waals surface area contributed by atoms with Crippen LogP contribution in [-0.2, 0) is 0 Å². The molecule has 1 aliphatic carbocycles. The Morgan fingerprint density at radius 1 is 1.50 bits per heavy atom. The molecule has 2 nitrogen and oxygen atoms in total. The molecule has 0 radical (unpaired) electrons. The standard InChI is InChI=1S/C9H8FNO/c10-6-3-1-2-5-7(11)4-8(12)9(5)6/h1-3,7H,4,11H2. The lowest BCUT2D eigenvalue weighted by molar-refractivity contribution is 0.0986. The molecule has 3 heteroatoms. The molecule has 1 aliphatic rings. The third-order valence-corrected chi connectivity index (χ3v) is 2.13. The van der Waals surface area contributed by atoms with Crippen molar-refractivity contribution in [2.75, 3.05) is 0 Å². The van der Waals surface area contributed by atoms with E-state index in [1.165, 1.54) is 6.07 Å². The first-order valence-corrected chi connectivity index (χ1v) is 3.77. The minimum absolute atomic E-state index is 0.185. The fourth-order valence-electron chi connectivity index (χ4n) is 1.56. The second kappa shape index (κ2) is 2.38. The third-order valence-electron chi connectivity index (χ3n) is 2.13. The fourth-order valence-corrected chi connectivity index (χ4v) is 1.56. The van der Waals surface area contributed by atoms with Gasteiger partial charge in [-0.15, -0.1) is 0 Å². The number of benzene rings is 1. The largest absolute Gasteiger partial charge is 0.324 e. The minimum atomic E-state index is -0.453. The van der Waals surface area contributed by atoms with Gasteiger partial charge >= 0.3 is 0 Å². The Kier molecular flexibility index (Phi) is 1.48. The van der Waals surface area contributed by atoms with Crippen molar-refractivity contribution in [3.8, 4) is 0 Å². The maximum Gasteiger partial charge on any atom is 0.168 e. The van der Waals surface area contributed by atoms with Crippen molar-refractivity contribution in [2.24, 2.45) is 5.73 Å². The molecule has 0 bridgehead atoms. The molecule has 0 aliphatic heterocycles. The SMILES string of the molecule is NC1CC(=O)c2c(F)cccc21. The predicted octanol–water partition coefficient (Wildman–Crippen LogP) is 1.41. The van der Waals surface area contributed by atoms with Gasteiger partial charge in [0.15, 0.2) is 5.78 Å². The molecule has 1 atom stereocenters. The molecule has 0 heterocycles. The molecule has 0 spiro atoms. The Bertz CT molecular complexity index is 348. The van der Waals surface area contributed by atoms with E-state index in [4.69, 9.17) is 5.73 Å². The van der Waals surface area contributed by atoms with Crippen LogP contribution in [0, 0.1) is 5.82 Å². The third kappa shape index (κ3) is 0.865. The molecule has 2 N–H and O–H groups in total. The van der Waals surface area contributed by atoms with Crippen LogP contribution < -0.4 is 5.73 Å². The lowest BCUT2D eigenvalue weighted by Crippen LogP contribution is -2.05. The lowest BCUT2D eigenvalue weighted by Gasteiger charge is -2.01. The number of rotatable bonds is 0. The maximum atomic E-state index is 13.0. The molecule has 0 aromatic heterocycles. The van der Waals surface area contributed by atoms with Gasteiger partial charge in [0.25, 0.3) is 0 Å². The molecule has 1 aromatic rings. The smallest absolute Gasteiger partial charge is 0.168 e. The van der Waals surface area contributed by atoms with Gasteiger partial charge in [-0.1, -0.05) is 12.1 Å². The average molecular weight is 165 g/mol. The van der Waals surface area contributed by atoms with Crippen LogP contribution in [-0.4, -0.2) is 5.78 Å². The van der Waals surface area contributed by atoms with E-state index < -0.39 is 5.82 Å². The number of fused-ring (bicyclic) bond motifs is 1. The van der Waals surface area contributed by atoms with Crippen LogP contribution >= 0.6 is 0 Å². The number of carbonyl (C=O) groups excluding carboxylic acids is 1. The van der Waals surface area contributed by atoms with E-state index in [2.05, 4.69) is 0 Å². The van der Waals surface area contributed by atoms with E-state index in [1.54, 1.807) is 12.1 Å². The van der Waals surface area contributed by atoms with Gasteiger partial charge in [0.1, 0.15) is 5.82 Å². The van der Waals surface area contributed by atoms with Gasteiger partial charge in [-0.3, -0.25) is 4.79 Å². The lowest BCUT2D eigenvalue weighted by atomic mass is 10.1. The summed E-state index contributed by atoms with van der Waals surface area (Å²) >= 11 is 0. The van der Waals surface area contributed by atoms with Gasteiger partial charge in [-0.2, -0.15) is 0 Å². The second-order valence-electron chi connectivity index (χ2n) is 2.94. The zero-order valence-electron chi connectivity index (χ0n) is 6.38. The van der Waals surface area contributed by atoms with Gasteiger partial charge in [0, 0.05) is 12.5 Å². The van der Waals surface area contributed by atoms with Crippen LogP contribution in [0.15, 0.2) is 18.2 Å². The van der Waals surface area contributed by atoms with Crippen molar-refractivity contribution in [1.29, 1.82) is 0 Å². The van der Waals surface area contributed by atoms with Gasteiger partial charge < -0.3 is 5.73 Å². The Morgan fingerprint density at radius 2 is 2.25 bits per heavy atom. The highest BCUT2D eigenvalue weighted by Crippen LogP contribution is 2.30. The first-order chi connectivity index (χ1) is 5.70. The van der Waals surface area contributed by atoms with Crippen molar-refractivity contribution < 1.29 is 9.18 Å². The van der Waals surface area contributed by atoms with E-state index in [0.717, 1.165) is 0 Å². The topological polar surface area (TPSA) is 43.1 Å². The maximum absolute atomic E-state index is 13.0. The quantitative estimate of drug-likeness (QED) is 0.631. The Morgan fingerprint density at radius 3 is 2.92 bits per heavy atom. The molecular weight excluding hydrogens is 157 g/mol. The number of halogens is 1. The van der Waals surface area contributed by atoms with Gasteiger partial charge in [-0.05, 0) is 11.6 Å². The predicted molar refractivity (Wildman–Crippen MR) is 42.3 cm³/mol. The Balaban J connectivity index is 2.67. The highest BCUT2D eigenvalue weighted by molar-refractivity contribution is 6.01. The van der Waals surface area contributed by atoms with Crippen LogP contribution in [0.1, 0.15) is 28.4 Å². The van der Waals surface area contributed by atoms with Crippen LogP contribution in [0.2, 0.25) is 0 Å². The first-order valence-electron chi connectivity index (χ1n) is 3.77. The molecule has 1 unspecified atom stereocenters. The summed E-state index contributed by atoms with van der Waals surface area (Å²) < 4.78 is 13.0. The zero-order valence-corrected chi connectivity index (χ0v) is 6.38. The summed E-state index contributed by atoms with van der Waals surface area (Å²) in [6.07, 6.45) is 0.232. The zero-order chi connectivity index (χ0) is 8.72. The summed E-state index contributed by atoms with van der Waals surface area (Å²) in [4.78, 5) is 11.2. The number of carbonyl (C=O) groups is 1. The minimum Gasteiger partial charge on any atom is -0.324 e. The van der Waals surface area contributed by atoms with Crippen molar-refractivity contribution in [3.63, 3.8) is 0 Å². The summed E-state index contributed by atoms with van der Waals surface area (Å²) in [5.74, 6) is -0.638. The molecule has 62 valence electrons. The number of ketones is 1. The van der Waals surface area contributed by atoms with Crippen molar-refractivity contribution in [3.05, 3.63) is 35.1 Å². The molecule has 0 saturated carbocycles. The van der Waals surface area contributed by atoms with E-state index in [1.807, 2.05) is 0 Å². The number of hydrogen-bond donors (Lipinski definition) is 1. The highest BCUT2D eigenvalue weighted by atomic mass is 19.1. The normalized spacial score (nSPS) is 21.2.